The summed E-state index contributed by atoms with van der Waals surface area (Å²) in [5, 5.41) is 0. The van der Waals surface area contributed by atoms with E-state index in [2.05, 4.69) is 4.40 Å². The monoisotopic (exact) mass is 392 g/mol. The zero-order valence-electron chi connectivity index (χ0n) is 15.2. The molecule has 0 spiro atoms. The van der Waals surface area contributed by atoms with Gasteiger partial charge >= 0.3 is 0 Å². The van der Waals surface area contributed by atoms with Crippen molar-refractivity contribution < 1.29 is 18.0 Å². The Balaban J connectivity index is 1.37. The maximum Gasteiger partial charge on any atom is 0.256 e. The van der Waals surface area contributed by atoms with Gasteiger partial charge in [-0.1, -0.05) is 12.8 Å². The zero-order valence-corrected chi connectivity index (χ0v) is 16.0. The highest BCUT2D eigenvalue weighted by Gasteiger charge is 2.32. The first kappa shape index (κ1) is 18.2. The summed E-state index contributed by atoms with van der Waals surface area (Å²) in [6.07, 6.45) is 9.12. The Bertz CT molecular complexity index is 831. The largest absolute Gasteiger partial charge is 0.339 e. The molecule has 8 nitrogen and oxygen atoms in total. The molecule has 4 rings (SSSR count). The molecule has 3 aliphatic heterocycles. The van der Waals surface area contributed by atoms with Crippen LogP contribution in [-0.4, -0.2) is 79.2 Å². The van der Waals surface area contributed by atoms with Gasteiger partial charge in [0.05, 0.1) is 11.3 Å². The molecule has 2 amide bonds. The molecule has 0 bridgehead atoms. The van der Waals surface area contributed by atoms with Crippen LogP contribution >= 0.6 is 0 Å². The molecule has 0 N–H and O–H groups in total. The van der Waals surface area contributed by atoms with E-state index in [1.54, 1.807) is 28.2 Å². The second kappa shape index (κ2) is 7.10. The minimum absolute atomic E-state index is 0.0513. The third-order valence-electron chi connectivity index (χ3n) is 5.65. The van der Waals surface area contributed by atoms with Crippen molar-refractivity contribution in [1.29, 1.82) is 0 Å². The molecule has 3 heterocycles. The second-order valence-corrected chi connectivity index (χ2v) is 9.20. The van der Waals surface area contributed by atoms with Gasteiger partial charge in [-0.25, -0.2) is 8.42 Å². The van der Waals surface area contributed by atoms with Crippen molar-refractivity contribution in [3.8, 4) is 0 Å². The Kier molecular flexibility index (Phi) is 4.79. The van der Waals surface area contributed by atoms with E-state index in [9.17, 15) is 18.0 Å². The molecule has 9 heteroatoms. The number of amidine groups is 1. The Labute approximate surface area is 159 Å². The average molecular weight is 392 g/mol. The van der Waals surface area contributed by atoms with Gasteiger partial charge in [-0.15, -0.1) is 4.40 Å². The normalized spacial score (nSPS) is 25.1. The van der Waals surface area contributed by atoms with Crippen molar-refractivity contribution in [3.05, 3.63) is 23.9 Å². The highest BCUT2D eigenvalue weighted by molar-refractivity contribution is 7.90. The minimum Gasteiger partial charge on any atom is -0.339 e. The highest BCUT2D eigenvalue weighted by atomic mass is 32.2. The van der Waals surface area contributed by atoms with Crippen LogP contribution in [0.2, 0.25) is 0 Å². The number of amides is 2. The summed E-state index contributed by atoms with van der Waals surface area (Å²) in [7, 11) is -3.40. The van der Waals surface area contributed by atoms with E-state index < -0.39 is 10.0 Å². The number of piperazine rings is 1. The third-order valence-corrected chi connectivity index (χ3v) is 6.82. The highest BCUT2D eigenvalue weighted by Crippen LogP contribution is 2.27. The van der Waals surface area contributed by atoms with Crippen LogP contribution in [0.3, 0.4) is 0 Å². The molecule has 0 unspecified atom stereocenters. The second-order valence-electron chi connectivity index (χ2n) is 7.45. The standard InChI is InChI=1S/C18H24N4O4S/c23-17(14-3-1-2-4-14)20-7-9-21(10-8-20)18(24)15-5-6-16-19-27(25,26)12-11-22(16)13-15/h5-6,13-14H,1-4,7-12H2. The Hall–Kier alpha value is -2.16. The van der Waals surface area contributed by atoms with Crippen LogP contribution in [0, 0.1) is 5.92 Å². The molecule has 0 atom stereocenters. The third kappa shape index (κ3) is 3.78. The predicted octanol–water partition coefficient (Wildman–Crippen LogP) is 0.345. The van der Waals surface area contributed by atoms with Crippen LogP contribution < -0.4 is 0 Å². The molecule has 0 radical (unpaired) electrons. The molecule has 146 valence electrons. The average Bonchev–Trinajstić information content (AvgIpc) is 3.21. The van der Waals surface area contributed by atoms with Crippen molar-refractivity contribution in [3.63, 3.8) is 0 Å². The molecule has 4 aliphatic rings. The smallest absolute Gasteiger partial charge is 0.256 e. The number of rotatable bonds is 2. The van der Waals surface area contributed by atoms with Gasteiger partial charge in [0.1, 0.15) is 5.84 Å². The summed E-state index contributed by atoms with van der Waals surface area (Å²) in [4.78, 5) is 30.7. The Morgan fingerprint density at radius 2 is 1.63 bits per heavy atom. The summed E-state index contributed by atoms with van der Waals surface area (Å²) in [6, 6.07) is 0. The quantitative estimate of drug-likeness (QED) is 0.676. The van der Waals surface area contributed by atoms with Crippen molar-refractivity contribution in [1.82, 2.24) is 14.7 Å². The molecule has 27 heavy (non-hydrogen) atoms. The van der Waals surface area contributed by atoms with E-state index in [0.29, 0.717) is 44.1 Å². The minimum atomic E-state index is -3.40. The van der Waals surface area contributed by atoms with Gasteiger partial charge in [-0.2, -0.15) is 0 Å². The number of hydrogen-bond donors (Lipinski definition) is 0. The van der Waals surface area contributed by atoms with E-state index in [1.165, 1.54) is 0 Å². The van der Waals surface area contributed by atoms with Gasteiger partial charge in [0, 0.05) is 44.8 Å². The number of sulfonamides is 1. The molecule has 1 aliphatic carbocycles. The molecule has 0 aromatic rings. The van der Waals surface area contributed by atoms with Crippen LogP contribution in [0.1, 0.15) is 25.7 Å². The number of nitrogens with zero attached hydrogens (tertiary/aromatic N) is 4. The number of hydrogen-bond acceptors (Lipinski definition) is 5. The maximum atomic E-state index is 12.8. The first-order valence-electron chi connectivity index (χ1n) is 9.50. The van der Waals surface area contributed by atoms with Crippen LogP contribution in [-0.2, 0) is 19.6 Å². The van der Waals surface area contributed by atoms with Gasteiger partial charge in [-0.05, 0) is 25.0 Å². The molecule has 1 saturated carbocycles. The summed E-state index contributed by atoms with van der Waals surface area (Å²) in [5.74, 6) is 0.622. The summed E-state index contributed by atoms with van der Waals surface area (Å²) in [6.45, 7) is 2.50. The lowest BCUT2D eigenvalue weighted by Crippen LogP contribution is -2.52. The van der Waals surface area contributed by atoms with Crippen molar-refractivity contribution in [2.75, 3.05) is 38.5 Å². The number of fused-ring (bicyclic) bond motifs is 1. The Morgan fingerprint density at radius 1 is 0.963 bits per heavy atom. The summed E-state index contributed by atoms with van der Waals surface area (Å²) >= 11 is 0. The lowest BCUT2D eigenvalue weighted by molar-refractivity contribution is -0.140. The van der Waals surface area contributed by atoms with Crippen molar-refractivity contribution in [2.24, 2.45) is 10.3 Å². The van der Waals surface area contributed by atoms with Crippen LogP contribution in [0.4, 0.5) is 0 Å². The molecular weight excluding hydrogens is 368 g/mol. The lowest BCUT2D eigenvalue weighted by atomic mass is 10.1. The molecule has 0 aromatic carbocycles. The van der Waals surface area contributed by atoms with E-state index in [0.717, 1.165) is 25.7 Å². The van der Waals surface area contributed by atoms with Crippen molar-refractivity contribution in [2.45, 2.75) is 25.7 Å². The first-order chi connectivity index (χ1) is 12.9. The number of carbonyl (C=O) groups is 2. The summed E-state index contributed by atoms with van der Waals surface area (Å²) in [5.41, 5.74) is 0.517. The maximum absolute atomic E-state index is 12.8. The molecule has 1 saturated heterocycles. The predicted molar refractivity (Wildman–Crippen MR) is 100 cm³/mol. The van der Waals surface area contributed by atoms with Gasteiger partial charge in [-0.3, -0.25) is 9.59 Å². The van der Waals surface area contributed by atoms with Crippen LogP contribution in [0.25, 0.3) is 0 Å². The number of carbonyl (C=O) groups excluding carboxylic acids is 2. The fraction of sp³-hybridized carbons (Fsp3) is 0.611. The van der Waals surface area contributed by atoms with Crippen LogP contribution in [0.15, 0.2) is 28.3 Å². The van der Waals surface area contributed by atoms with Gasteiger partial charge in [0.15, 0.2) is 0 Å². The molecular formula is C18H24N4O4S. The SMILES string of the molecule is O=C(C1=CN2CCS(=O)(=O)N=C2C=C1)N1CCN(C(=O)C2CCCC2)CC1. The summed E-state index contributed by atoms with van der Waals surface area (Å²) < 4.78 is 26.9. The van der Waals surface area contributed by atoms with Crippen LogP contribution in [0.5, 0.6) is 0 Å². The Morgan fingerprint density at radius 3 is 2.33 bits per heavy atom. The first-order valence-corrected chi connectivity index (χ1v) is 11.1. The van der Waals surface area contributed by atoms with Gasteiger partial charge in [0.2, 0.25) is 5.91 Å². The van der Waals surface area contributed by atoms with E-state index >= 15 is 0 Å². The van der Waals surface area contributed by atoms with Gasteiger partial charge in [0.25, 0.3) is 15.9 Å². The fourth-order valence-electron chi connectivity index (χ4n) is 4.07. The topological polar surface area (TPSA) is 90.4 Å². The van der Waals surface area contributed by atoms with E-state index in [4.69, 9.17) is 0 Å². The zero-order chi connectivity index (χ0) is 19.0. The van der Waals surface area contributed by atoms with E-state index in [-0.39, 0.29) is 23.5 Å². The molecule has 2 fully saturated rings. The fourth-order valence-corrected chi connectivity index (χ4v) is 5.04. The lowest BCUT2D eigenvalue weighted by Gasteiger charge is -2.36. The van der Waals surface area contributed by atoms with E-state index in [1.807, 2.05) is 4.90 Å². The molecule has 0 aromatic heterocycles. The van der Waals surface area contributed by atoms with Crippen molar-refractivity contribution >= 4 is 27.7 Å². The van der Waals surface area contributed by atoms with Gasteiger partial charge < -0.3 is 14.7 Å².